The quantitative estimate of drug-likeness (QED) is 0.546. The van der Waals surface area contributed by atoms with Crippen molar-refractivity contribution in [2.45, 2.75) is 0 Å². The number of non-ortho nitro benzene ring substituents is 1. The number of aromatic nitrogens is 1. The van der Waals surface area contributed by atoms with Crippen molar-refractivity contribution in [2.24, 2.45) is 0 Å². The van der Waals surface area contributed by atoms with E-state index in [4.69, 9.17) is 4.42 Å². The summed E-state index contributed by atoms with van der Waals surface area (Å²) < 4.78 is 5.10. The molecule has 22 heavy (non-hydrogen) atoms. The Morgan fingerprint density at radius 3 is 2.73 bits per heavy atom. The van der Waals surface area contributed by atoms with E-state index in [1.165, 1.54) is 18.2 Å². The first kappa shape index (κ1) is 13.7. The van der Waals surface area contributed by atoms with Crippen LogP contribution in [0.25, 0.3) is 23.1 Å². The fraction of sp³-hybridized carbons (Fsp3) is 0. The molecule has 1 heterocycles. The molecule has 2 aromatic carbocycles. The highest BCUT2D eigenvalue weighted by Gasteiger charge is 2.05. The molecule has 3 rings (SSSR count). The third-order valence-corrected chi connectivity index (χ3v) is 3.05. The van der Waals surface area contributed by atoms with Crippen LogP contribution >= 0.6 is 0 Å². The molecular formula is C16H10N2O4. The number of nitro benzene ring substituents is 1. The molecule has 6 nitrogen and oxygen atoms in total. The zero-order valence-corrected chi connectivity index (χ0v) is 11.3. The average molecular weight is 294 g/mol. The van der Waals surface area contributed by atoms with Crippen LogP contribution in [0.5, 0.6) is 0 Å². The number of hydrogen-bond acceptors (Lipinski definition) is 5. The molecule has 0 bridgehead atoms. The maximum atomic E-state index is 11.8. The maximum Gasteiger partial charge on any atom is 0.347 e. The number of nitrogens with zero attached hydrogens (tertiary/aromatic N) is 2. The summed E-state index contributed by atoms with van der Waals surface area (Å²) in [6, 6.07) is 13.0. The lowest BCUT2D eigenvalue weighted by Gasteiger charge is -1.97. The van der Waals surface area contributed by atoms with Gasteiger partial charge in [-0.25, -0.2) is 9.78 Å². The van der Waals surface area contributed by atoms with E-state index in [0.717, 1.165) is 0 Å². The van der Waals surface area contributed by atoms with Gasteiger partial charge in [0.25, 0.3) is 5.69 Å². The normalized spacial score (nSPS) is 11.1. The summed E-state index contributed by atoms with van der Waals surface area (Å²) in [4.78, 5) is 26.3. The van der Waals surface area contributed by atoms with Crippen LogP contribution in [0, 0.1) is 10.1 Å². The highest BCUT2D eigenvalue weighted by atomic mass is 16.6. The first-order valence-corrected chi connectivity index (χ1v) is 6.46. The fourth-order valence-corrected chi connectivity index (χ4v) is 2.02. The molecule has 0 amide bonds. The molecule has 3 aromatic rings. The lowest BCUT2D eigenvalue weighted by Crippen LogP contribution is -2.02. The van der Waals surface area contributed by atoms with E-state index in [2.05, 4.69) is 4.98 Å². The van der Waals surface area contributed by atoms with Crippen LogP contribution in [0.15, 0.2) is 57.7 Å². The molecule has 108 valence electrons. The highest BCUT2D eigenvalue weighted by molar-refractivity contribution is 5.78. The lowest BCUT2D eigenvalue weighted by molar-refractivity contribution is -0.384. The molecular weight excluding hydrogens is 284 g/mol. The van der Waals surface area contributed by atoms with Gasteiger partial charge in [0.05, 0.1) is 15.8 Å². The Morgan fingerprint density at radius 1 is 1.09 bits per heavy atom. The molecule has 6 heteroatoms. The van der Waals surface area contributed by atoms with Crippen LogP contribution in [0.3, 0.4) is 0 Å². The molecule has 0 saturated carbocycles. The molecule has 0 spiro atoms. The summed E-state index contributed by atoms with van der Waals surface area (Å²) in [6.07, 6.45) is 3.11. The number of benzene rings is 2. The van der Waals surface area contributed by atoms with Crippen molar-refractivity contribution in [1.82, 2.24) is 4.98 Å². The number of fused-ring (bicyclic) bond motifs is 1. The van der Waals surface area contributed by atoms with Gasteiger partial charge >= 0.3 is 5.63 Å². The van der Waals surface area contributed by atoms with E-state index in [0.29, 0.717) is 16.5 Å². The van der Waals surface area contributed by atoms with Crippen LogP contribution in [0.1, 0.15) is 11.5 Å². The number of hydrogen-bond donors (Lipinski definition) is 0. The van der Waals surface area contributed by atoms with Gasteiger partial charge in [-0.15, -0.1) is 0 Å². The van der Waals surface area contributed by atoms with Gasteiger partial charge in [0.2, 0.25) is 5.89 Å². The summed E-state index contributed by atoms with van der Waals surface area (Å²) in [5, 5.41) is 11.1. The minimum atomic E-state index is -0.468. The molecule has 0 aliphatic carbocycles. The van der Waals surface area contributed by atoms with Gasteiger partial charge in [0, 0.05) is 18.2 Å². The van der Waals surface area contributed by atoms with Crippen molar-refractivity contribution in [3.05, 3.63) is 80.5 Å². The Morgan fingerprint density at radius 2 is 1.91 bits per heavy atom. The van der Waals surface area contributed by atoms with Gasteiger partial charge in [-0.05, 0) is 23.8 Å². The molecule has 0 atom stereocenters. The minimum Gasteiger partial charge on any atom is -0.404 e. The molecule has 1 aromatic heterocycles. The molecule has 0 saturated heterocycles. The topological polar surface area (TPSA) is 86.2 Å². The Bertz CT molecular complexity index is 944. The second-order valence-electron chi connectivity index (χ2n) is 4.54. The first-order chi connectivity index (χ1) is 10.6. The van der Waals surface area contributed by atoms with E-state index >= 15 is 0 Å². The summed E-state index contributed by atoms with van der Waals surface area (Å²) >= 11 is 0. The third-order valence-electron chi connectivity index (χ3n) is 3.05. The monoisotopic (exact) mass is 294 g/mol. The van der Waals surface area contributed by atoms with Crippen molar-refractivity contribution in [1.29, 1.82) is 0 Å². The lowest BCUT2D eigenvalue weighted by atomic mass is 10.2. The highest BCUT2D eigenvalue weighted by Crippen LogP contribution is 2.15. The average Bonchev–Trinajstić information content (AvgIpc) is 2.53. The zero-order chi connectivity index (χ0) is 15.5. The van der Waals surface area contributed by atoms with Gasteiger partial charge in [0.1, 0.15) is 0 Å². The standard InChI is InChI=1S/C16H10N2O4/c19-16-13-6-1-2-7-14(13)17-15(22-16)9-8-11-4-3-5-12(10-11)18(20)21/h1-10H. The molecule has 0 fully saturated rings. The van der Waals surface area contributed by atoms with Gasteiger partial charge in [-0.2, -0.15) is 0 Å². The second-order valence-corrected chi connectivity index (χ2v) is 4.54. The van der Waals surface area contributed by atoms with Crippen molar-refractivity contribution in [3.8, 4) is 0 Å². The van der Waals surface area contributed by atoms with E-state index in [1.54, 1.807) is 42.5 Å². The second kappa shape index (κ2) is 5.61. The SMILES string of the molecule is O=c1oc(C=Cc2cccc([N+](=O)[O-])c2)nc2ccccc12. The van der Waals surface area contributed by atoms with E-state index in [9.17, 15) is 14.9 Å². The third kappa shape index (κ3) is 2.76. The summed E-state index contributed by atoms with van der Waals surface area (Å²) in [5.74, 6) is 0.148. The molecule has 0 aliphatic rings. The molecule has 0 unspecified atom stereocenters. The van der Waals surface area contributed by atoms with Crippen molar-refractivity contribution >= 4 is 28.7 Å². The zero-order valence-electron chi connectivity index (χ0n) is 11.3. The van der Waals surface area contributed by atoms with E-state index < -0.39 is 10.5 Å². The van der Waals surface area contributed by atoms with Gasteiger partial charge in [0.15, 0.2) is 0 Å². The summed E-state index contributed by atoms with van der Waals surface area (Å²) in [7, 11) is 0. The van der Waals surface area contributed by atoms with Crippen LogP contribution in [0.4, 0.5) is 5.69 Å². The summed E-state index contributed by atoms with van der Waals surface area (Å²) in [5.41, 5.74) is 0.684. The van der Waals surface area contributed by atoms with Crippen LogP contribution in [-0.2, 0) is 0 Å². The maximum absolute atomic E-state index is 11.8. The Kier molecular flexibility index (Phi) is 3.49. The first-order valence-electron chi connectivity index (χ1n) is 6.46. The van der Waals surface area contributed by atoms with Crippen molar-refractivity contribution in [3.63, 3.8) is 0 Å². The summed E-state index contributed by atoms with van der Waals surface area (Å²) in [6.45, 7) is 0. The van der Waals surface area contributed by atoms with Gasteiger partial charge < -0.3 is 4.42 Å². The number of nitro groups is 1. The number of rotatable bonds is 3. The number of para-hydroxylation sites is 1. The van der Waals surface area contributed by atoms with Gasteiger partial charge in [-0.3, -0.25) is 10.1 Å². The minimum absolute atomic E-state index is 0.00456. The van der Waals surface area contributed by atoms with Gasteiger partial charge in [-0.1, -0.05) is 24.3 Å². The molecule has 0 N–H and O–H groups in total. The van der Waals surface area contributed by atoms with Crippen LogP contribution in [-0.4, -0.2) is 9.91 Å². The Labute approximate surface area is 124 Å². The van der Waals surface area contributed by atoms with Crippen LogP contribution < -0.4 is 5.63 Å². The Hall–Kier alpha value is -3.28. The smallest absolute Gasteiger partial charge is 0.347 e. The molecule has 0 aliphatic heterocycles. The van der Waals surface area contributed by atoms with E-state index in [-0.39, 0.29) is 11.6 Å². The predicted octanol–water partition coefficient (Wildman–Crippen LogP) is 3.27. The van der Waals surface area contributed by atoms with Crippen molar-refractivity contribution < 1.29 is 9.34 Å². The fourth-order valence-electron chi connectivity index (χ4n) is 2.02. The largest absolute Gasteiger partial charge is 0.404 e. The molecule has 0 radical (unpaired) electrons. The van der Waals surface area contributed by atoms with Crippen molar-refractivity contribution in [2.75, 3.05) is 0 Å². The predicted molar refractivity (Wildman–Crippen MR) is 82.3 cm³/mol. The Balaban J connectivity index is 1.97. The van der Waals surface area contributed by atoms with E-state index in [1.807, 2.05) is 0 Å². The van der Waals surface area contributed by atoms with Crippen LogP contribution in [0.2, 0.25) is 0 Å².